The molecule has 0 bridgehead atoms. The maximum absolute atomic E-state index is 10.7. The van der Waals surface area contributed by atoms with E-state index in [4.69, 9.17) is 12.2 Å². The van der Waals surface area contributed by atoms with Crippen molar-refractivity contribution in [3.63, 3.8) is 0 Å². The predicted molar refractivity (Wildman–Crippen MR) is 134 cm³/mol. The zero-order valence-corrected chi connectivity index (χ0v) is 19.5. The van der Waals surface area contributed by atoms with Crippen LogP contribution in [-0.2, 0) is 0 Å². The van der Waals surface area contributed by atoms with Crippen molar-refractivity contribution in [1.29, 1.82) is 0 Å². The highest BCUT2D eigenvalue weighted by atomic mass is 32.1. The van der Waals surface area contributed by atoms with E-state index >= 15 is 0 Å². The number of aromatic hydroxyl groups is 1. The zero-order chi connectivity index (χ0) is 23.1. The van der Waals surface area contributed by atoms with Gasteiger partial charge in [-0.1, -0.05) is 24.3 Å². The van der Waals surface area contributed by atoms with Crippen LogP contribution in [0.4, 0.5) is 5.69 Å². The van der Waals surface area contributed by atoms with Gasteiger partial charge in [-0.2, -0.15) is 0 Å². The van der Waals surface area contributed by atoms with Crippen molar-refractivity contribution >= 4 is 23.0 Å². The van der Waals surface area contributed by atoms with Crippen LogP contribution in [0.25, 0.3) is 5.82 Å². The number of rotatable bonds is 4. The fourth-order valence-electron chi connectivity index (χ4n) is 4.72. The first-order chi connectivity index (χ1) is 16.0. The number of nitrogens with one attached hydrogen (secondary N) is 1. The Morgan fingerprint density at radius 3 is 2.42 bits per heavy atom. The Bertz CT molecular complexity index is 1330. The Hall–Kier alpha value is -3.71. The van der Waals surface area contributed by atoms with Crippen LogP contribution in [0, 0.1) is 20.8 Å². The molecule has 3 aromatic heterocycles. The van der Waals surface area contributed by atoms with Gasteiger partial charge in [0.05, 0.1) is 23.5 Å². The van der Waals surface area contributed by atoms with Crippen molar-refractivity contribution in [1.82, 2.24) is 19.9 Å². The molecule has 0 radical (unpaired) electrons. The summed E-state index contributed by atoms with van der Waals surface area (Å²) in [6.45, 7) is 6.26. The van der Waals surface area contributed by atoms with E-state index in [1.54, 1.807) is 12.3 Å². The van der Waals surface area contributed by atoms with Crippen molar-refractivity contribution in [3.05, 3.63) is 101 Å². The molecule has 1 aromatic carbocycles. The minimum atomic E-state index is -0.204. The number of anilines is 1. The summed E-state index contributed by atoms with van der Waals surface area (Å²) >= 11 is 5.79. The van der Waals surface area contributed by atoms with E-state index in [2.05, 4.69) is 52.8 Å². The van der Waals surface area contributed by atoms with E-state index in [0.717, 1.165) is 34.0 Å². The molecule has 4 heterocycles. The largest absolute Gasteiger partial charge is 0.506 e. The van der Waals surface area contributed by atoms with E-state index < -0.39 is 0 Å². The second-order valence-electron chi connectivity index (χ2n) is 8.29. The molecule has 1 aliphatic heterocycles. The molecule has 1 fully saturated rings. The highest BCUT2D eigenvalue weighted by molar-refractivity contribution is 7.80. The first kappa shape index (κ1) is 21.2. The standard InChI is InChI=1S/C26H25N5OS/c1-16-9-8-14-28-25(16)30-17(2)15-19(18(30)3)24-23(20-10-6-7-13-27-20)29-26(33)31(24)21-11-4-5-12-22(21)32/h4-15,23-24,32H,1-3H3,(H,29,33). The second-order valence-corrected chi connectivity index (χ2v) is 8.68. The fourth-order valence-corrected chi connectivity index (χ4v) is 5.06. The minimum absolute atomic E-state index is 0.183. The molecule has 0 spiro atoms. The molecular formula is C26H25N5OS. The number of phenols is 1. The lowest BCUT2D eigenvalue weighted by atomic mass is 9.96. The van der Waals surface area contributed by atoms with E-state index in [1.165, 1.54) is 0 Å². The third kappa shape index (κ3) is 3.54. The quantitative estimate of drug-likeness (QED) is 0.419. The number of aromatic nitrogens is 3. The smallest absolute Gasteiger partial charge is 0.174 e. The van der Waals surface area contributed by atoms with Crippen molar-refractivity contribution in [2.45, 2.75) is 32.9 Å². The first-order valence-electron chi connectivity index (χ1n) is 10.9. The van der Waals surface area contributed by atoms with Gasteiger partial charge in [0.25, 0.3) is 0 Å². The third-order valence-electron chi connectivity index (χ3n) is 6.22. The highest BCUT2D eigenvalue weighted by Crippen LogP contribution is 2.45. The first-order valence-corrected chi connectivity index (χ1v) is 11.3. The molecule has 0 amide bonds. The zero-order valence-electron chi connectivity index (χ0n) is 18.7. The lowest BCUT2D eigenvalue weighted by Gasteiger charge is -2.28. The SMILES string of the molecule is Cc1cccnc1-n1c(C)cc(C2C(c3ccccn3)NC(=S)N2c2ccccc2O)c1C. The van der Waals surface area contributed by atoms with Crippen LogP contribution in [0.15, 0.2) is 73.1 Å². The summed E-state index contributed by atoms with van der Waals surface area (Å²) in [4.78, 5) is 11.3. The Morgan fingerprint density at radius 2 is 1.70 bits per heavy atom. The summed E-state index contributed by atoms with van der Waals surface area (Å²) in [5, 5.41) is 14.7. The fraction of sp³-hybridized carbons (Fsp3) is 0.192. The number of phenolic OH excluding ortho intramolecular Hbond substituents is 1. The van der Waals surface area contributed by atoms with Gasteiger partial charge in [0.2, 0.25) is 0 Å². The molecule has 2 unspecified atom stereocenters. The molecule has 2 N–H and O–H groups in total. The maximum Gasteiger partial charge on any atom is 0.174 e. The van der Waals surface area contributed by atoms with Crippen LogP contribution >= 0.6 is 12.2 Å². The summed E-state index contributed by atoms with van der Waals surface area (Å²) in [5.41, 5.74) is 5.92. The maximum atomic E-state index is 10.7. The van der Waals surface area contributed by atoms with Crippen LogP contribution in [0.5, 0.6) is 5.75 Å². The molecule has 0 saturated carbocycles. The van der Waals surface area contributed by atoms with Gasteiger partial charge in [0.15, 0.2) is 5.11 Å². The topological polar surface area (TPSA) is 66.2 Å². The van der Waals surface area contributed by atoms with Crippen LogP contribution in [0.3, 0.4) is 0 Å². The number of hydrogen-bond acceptors (Lipinski definition) is 4. The Balaban J connectivity index is 1.71. The molecule has 5 rings (SSSR count). The number of benzene rings is 1. The molecule has 2 atom stereocenters. The Morgan fingerprint density at radius 1 is 0.939 bits per heavy atom. The summed E-state index contributed by atoms with van der Waals surface area (Å²) in [7, 11) is 0. The number of hydrogen-bond donors (Lipinski definition) is 2. The summed E-state index contributed by atoms with van der Waals surface area (Å²) in [6, 6.07) is 19.0. The van der Waals surface area contributed by atoms with Crippen molar-refractivity contribution in [2.75, 3.05) is 4.90 Å². The van der Waals surface area contributed by atoms with Gasteiger partial charge in [-0.25, -0.2) is 4.98 Å². The normalized spacial score (nSPS) is 17.9. The van der Waals surface area contributed by atoms with Crippen molar-refractivity contribution in [2.24, 2.45) is 0 Å². The van der Waals surface area contributed by atoms with Gasteiger partial charge >= 0.3 is 0 Å². The van der Waals surface area contributed by atoms with Gasteiger partial charge in [-0.15, -0.1) is 0 Å². The summed E-state index contributed by atoms with van der Waals surface area (Å²) in [5.74, 6) is 1.10. The van der Waals surface area contributed by atoms with Gasteiger partial charge in [0.1, 0.15) is 11.6 Å². The number of para-hydroxylation sites is 2. The average molecular weight is 456 g/mol. The van der Waals surface area contributed by atoms with Gasteiger partial charge in [-0.3, -0.25) is 4.98 Å². The molecule has 1 saturated heterocycles. The molecule has 33 heavy (non-hydrogen) atoms. The Labute approximate surface area is 198 Å². The average Bonchev–Trinajstić information content (AvgIpc) is 3.30. The number of pyridine rings is 2. The molecule has 0 aliphatic carbocycles. The molecule has 166 valence electrons. The van der Waals surface area contributed by atoms with Crippen molar-refractivity contribution < 1.29 is 5.11 Å². The molecule has 4 aromatic rings. The van der Waals surface area contributed by atoms with Crippen LogP contribution in [-0.4, -0.2) is 24.8 Å². The molecule has 1 aliphatic rings. The lowest BCUT2D eigenvalue weighted by Crippen LogP contribution is -2.29. The number of aryl methyl sites for hydroxylation is 2. The van der Waals surface area contributed by atoms with E-state index in [0.29, 0.717) is 10.8 Å². The van der Waals surface area contributed by atoms with Gasteiger partial charge in [0, 0.05) is 23.8 Å². The molecule has 7 heteroatoms. The molecular weight excluding hydrogens is 430 g/mol. The van der Waals surface area contributed by atoms with E-state index in [9.17, 15) is 5.11 Å². The highest BCUT2D eigenvalue weighted by Gasteiger charge is 2.43. The van der Waals surface area contributed by atoms with Crippen LogP contribution < -0.4 is 10.2 Å². The van der Waals surface area contributed by atoms with Crippen LogP contribution in [0.1, 0.15) is 40.3 Å². The minimum Gasteiger partial charge on any atom is -0.506 e. The van der Waals surface area contributed by atoms with E-state index in [-0.39, 0.29) is 17.8 Å². The second kappa shape index (κ2) is 8.33. The van der Waals surface area contributed by atoms with Crippen molar-refractivity contribution in [3.8, 4) is 11.6 Å². The van der Waals surface area contributed by atoms with Gasteiger partial charge in [-0.05, 0) is 80.5 Å². The Kier molecular flexibility index (Phi) is 5.34. The monoisotopic (exact) mass is 455 g/mol. The number of nitrogens with zero attached hydrogens (tertiary/aromatic N) is 4. The number of thiocarbonyl (C=S) groups is 1. The summed E-state index contributed by atoms with van der Waals surface area (Å²) < 4.78 is 2.19. The summed E-state index contributed by atoms with van der Waals surface area (Å²) in [6.07, 6.45) is 3.61. The van der Waals surface area contributed by atoms with Gasteiger partial charge < -0.3 is 19.9 Å². The molecule has 6 nitrogen and oxygen atoms in total. The van der Waals surface area contributed by atoms with Crippen LogP contribution in [0.2, 0.25) is 0 Å². The lowest BCUT2D eigenvalue weighted by molar-refractivity contribution is 0.472. The third-order valence-corrected chi connectivity index (χ3v) is 6.54. The predicted octanol–water partition coefficient (Wildman–Crippen LogP) is 5.08. The van der Waals surface area contributed by atoms with E-state index in [1.807, 2.05) is 53.6 Å².